The maximum Gasteiger partial charge on any atom is 0.257 e. The number of rotatable bonds is 2. The summed E-state index contributed by atoms with van der Waals surface area (Å²) in [5.41, 5.74) is 1.41. The van der Waals surface area contributed by atoms with Gasteiger partial charge in [0.15, 0.2) is 17.3 Å². The summed E-state index contributed by atoms with van der Waals surface area (Å²) in [7, 11) is 0. The fraction of sp³-hybridized carbons (Fsp3) is 0.0769. The lowest BCUT2D eigenvalue weighted by molar-refractivity contribution is 0.102. The molecule has 1 aromatic carbocycles. The van der Waals surface area contributed by atoms with Crippen molar-refractivity contribution in [1.29, 1.82) is 0 Å². The Balaban J connectivity index is 1.63. The highest BCUT2D eigenvalue weighted by Crippen LogP contribution is 2.33. The first-order chi connectivity index (χ1) is 9.81. The third-order valence-electron chi connectivity index (χ3n) is 3.04. The Morgan fingerprint density at radius 1 is 1.30 bits per heavy atom. The molecule has 7 heteroatoms. The lowest BCUT2D eigenvalue weighted by atomic mass is 10.2. The SMILES string of the molecule is O=C(Nc1n[nH]c2ccsc12)c1ccc2c(c1)OCO2. The largest absolute Gasteiger partial charge is 0.454 e. The summed E-state index contributed by atoms with van der Waals surface area (Å²) < 4.78 is 11.4. The van der Waals surface area contributed by atoms with E-state index in [1.807, 2.05) is 11.4 Å². The summed E-state index contributed by atoms with van der Waals surface area (Å²) in [4.78, 5) is 12.2. The number of ether oxygens (including phenoxy) is 2. The number of anilines is 1. The molecule has 1 aliphatic heterocycles. The number of hydrogen-bond donors (Lipinski definition) is 2. The fourth-order valence-corrected chi connectivity index (χ4v) is 2.84. The number of thiophene rings is 1. The molecule has 1 aliphatic rings. The van der Waals surface area contributed by atoms with Gasteiger partial charge in [0.05, 0.1) is 10.2 Å². The van der Waals surface area contributed by atoms with Crippen molar-refractivity contribution in [3.8, 4) is 11.5 Å². The van der Waals surface area contributed by atoms with Crippen LogP contribution in [0.15, 0.2) is 29.6 Å². The Bertz CT molecular complexity index is 808. The molecule has 0 saturated carbocycles. The lowest BCUT2D eigenvalue weighted by Crippen LogP contribution is -2.12. The molecule has 4 rings (SSSR count). The highest BCUT2D eigenvalue weighted by atomic mass is 32.1. The Labute approximate surface area is 117 Å². The van der Waals surface area contributed by atoms with E-state index in [4.69, 9.17) is 9.47 Å². The van der Waals surface area contributed by atoms with Crippen LogP contribution in [0, 0.1) is 0 Å². The van der Waals surface area contributed by atoms with Crippen LogP contribution in [-0.4, -0.2) is 22.9 Å². The molecule has 2 N–H and O–H groups in total. The van der Waals surface area contributed by atoms with Crippen molar-refractivity contribution in [3.05, 3.63) is 35.2 Å². The predicted octanol–water partition coefficient (Wildman–Crippen LogP) is 2.61. The Morgan fingerprint density at radius 2 is 2.20 bits per heavy atom. The molecule has 100 valence electrons. The predicted molar refractivity (Wildman–Crippen MR) is 74.5 cm³/mol. The normalized spacial score (nSPS) is 12.8. The van der Waals surface area contributed by atoms with Crippen LogP contribution < -0.4 is 14.8 Å². The summed E-state index contributed by atoms with van der Waals surface area (Å²) >= 11 is 1.52. The van der Waals surface area contributed by atoms with Crippen LogP contribution in [0.25, 0.3) is 10.2 Å². The van der Waals surface area contributed by atoms with Crippen LogP contribution in [0.4, 0.5) is 5.82 Å². The second-order valence-corrected chi connectivity index (χ2v) is 5.17. The zero-order chi connectivity index (χ0) is 13.5. The van der Waals surface area contributed by atoms with E-state index >= 15 is 0 Å². The first-order valence-electron chi connectivity index (χ1n) is 5.94. The average Bonchev–Trinajstić information content (AvgIpc) is 3.14. The van der Waals surface area contributed by atoms with Crippen molar-refractivity contribution >= 4 is 33.3 Å². The van der Waals surface area contributed by atoms with Crippen molar-refractivity contribution in [2.24, 2.45) is 0 Å². The maximum absolute atomic E-state index is 12.2. The van der Waals surface area contributed by atoms with Gasteiger partial charge in [-0.15, -0.1) is 11.3 Å². The number of nitrogens with zero attached hydrogens (tertiary/aromatic N) is 1. The number of aromatic amines is 1. The second kappa shape index (κ2) is 4.24. The molecule has 0 unspecified atom stereocenters. The molecule has 0 saturated heterocycles. The summed E-state index contributed by atoms with van der Waals surface area (Å²) in [6.45, 7) is 0.190. The van der Waals surface area contributed by atoms with Crippen LogP contribution in [0.1, 0.15) is 10.4 Å². The number of fused-ring (bicyclic) bond motifs is 2. The van der Waals surface area contributed by atoms with Gasteiger partial charge in [-0.2, -0.15) is 5.10 Å². The van der Waals surface area contributed by atoms with E-state index in [9.17, 15) is 4.79 Å². The lowest BCUT2D eigenvalue weighted by Gasteiger charge is -2.03. The number of H-pyrrole nitrogens is 1. The number of hydrogen-bond acceptors (Lipinski definition) is 5. The Morgan fingerprint density at radius 3 is 3.15 bits per heavy atom. The Kier molecular flexibility index (Phi) is 2.40. The van der Waals surface area contributed by atoms with E-state index in [0.717, 1.165) is 10.2 Å². The minimum atomic E-state index is -0.231. The van der Waals surface area contributed by atoms with Gasteiger partial charge in [0, 0.05) is 5.56 Å². The first kappa shape index (κ1) is 11.3. The van der Waals surface area contributed by atoms with E-state index in [1.54, 1.807) is 18.2 Å². The van der Waals surface area contributed by atoms with Crippen molar-refractivity contribution in [2.45, 2.75) is 0 Å². The summed E-state index contributed by atoms with van der Waals surface area (Å²) in [6, 6.07) is 7.00. The number of carbonyl (C=O) groups excluding carboxylic acids is 1. The van der Waals surface area contributed by atoms with Crippen LogP contribution in [0.2, 0.25) is 0 Å². The van der Waals surface area contributed by atoms with Crippen molar-refractivity contribution in [3.63, 3.8) is 0 Å². The van der Waals surface area contributed by atoms with Gasteiger partial charge in [-0.3, -0.25) is 9.89 Å². The quantitative estimate of drug-likeness (QED) is 0.759. The molecule has 1 amide bonds. The van der Waals surface area contributed by atoms with Gasteiger partial charge in [-0.1, -0.05) is 0 Å². The third kappa shape index (κ3) is 1.71. The maximum atomic E-state index is 12.2. The molecule has 6 nitrogen and oxygen atoms in total. The minimum absolute atomic E-state index is 0.190. The summed E-state index contributed by atoms with van der Waals surface area (Å²) in [5.74, 6) is 1.55. The fourth-order valence-electron chi connectivity index (χ4n) is 2.05. The molecular formula is C13H9N3O3S. The smallest absolute Gasteiger partial charge is 0.257 e. The number of aromatic nitrogens is 2. The van der Waals surface area contributed by atoms with Crippen molar-refractivity contribution in [1.82, 2.24) is 10.2 Å². The van der Waals surface area contributed by atoms with Gasteiger partial charge in [-0.25, -0.2) is 0 Å². The molecule has 0 atom stereocenters. The number of carbonyl (C=O) groups is 1. The summed E-state index contributed by atoms with van der Waals surface area (Å²) in [6.07, 6.45) is 0. The number of amides is 1. The van der Waals surface area contributed by atoms with Gasteiger partial charge in [0.1, 0.15) is 0 Å². The van der Waals surface area contributed by atoms with E-state index in [2.05, 4.69) is 15.5 Å². The molecule has 0 aliphatic carbocycles. The van der Waals surface area contributed by atoms with Crippen LogP contribution in [-0.2, 0) is 0 Å². The average molecular weight is 287 g/mol. The van der Waals surface area contributed by atoms with Crippen LogP contribution in [0.5, 0.6) is 11.5 Å². The Hall–Kier alpha value is -2.54. The van der Waals surface area contributed by atoms with Gasteiger partial charge in [0.25, 0.3) is 5.91 Å². The molecule has 0 bridgehead atoms. The molecule has 20 heavy (non-hydrogen) atoms. The highest BCUT2D eigenvalue weighted by molar-refractivity contribution is 7.17. The second-order valence-electron chi connectivity index (χ2n) is 4.26. The standard InChI is InChI=1S/C13H9N3O3S/c17-13(7-1-2-9-10(5-7)19-6-18-9)14-12-11-8(15-16-12)3-4-20-11/h1-5H,6H2,(H2,14,15,16,17). The van der Waals surface area contributed by atoms with E-state index in [0.29, 0.717) is 22.9 Å². The van der Waals surface area contributed by atoms with Gasteiger partial charge in [-0.05, 0) is 29.6 Å². The molecule has 0 radical (unpaired) electrons. The molecular weight excluding hydrogens is 278 g/mol. The molecule has 0 fully saturated rings. The zero-order valence-electron chi connectivity index (χ0n) is 10.2. The number of nitrogens with one attached hydrogen (secondary N) is 2. The first-order valence-corrected chi connectivity index (χ1v) is 6.82. The van der Waals surface area contributed by atoms with Gasteiger partial charge >= 0.3 is 0 Å². The zero-order valence-corrected chi connectivity index (χ0v) is 11.0. The number of benzene rings is 1. The van der Waals surface area contributed by atoms with Gasteiger partial charge in [0.2, 0.25) is 6.79 Å². The topological polar surface area (TPSA) is 76.2 Å². The van der Waals surface area contributed by atoms with Crippen LogP contribution in [0.3, 0.4) is 0 Å². The molecule has 3 aromatic rings. The van der Waals surface area contributed by atoms with Crippen LogP contribution >= 0.6 is 11.3 Å². The van der Waals surface area contributed by atoms with Crippen molar-refractivity contribution < 1.29 is 14.3 Å². The molecule has 3 heterocycles. The van der Waals surface area contributed by atoms with E-state index < -0.39 is 0 Å². The summed E-state index contributed by atoms with van der Waals surface area (Å²) in [5, 5.41) is 11.7. The van der Waals surface area contributed by atoms with E-state index in [-0.39, 0.29) is 12.7 Å². The van der Waals surface area contributed by atoms with Gasteiger partial charge < -0.3 is 14.8 Å². The third-order valence-corrected chi connectivity index (χ3v) is 3.96. The highest BCUT2D eigenvalue weighted by Gasteiger charge is 2.17. The monoisotopic (exact) mass is 287 g/mol. The van der Waals surface area contributed by atoms with Crippen molar-refractivity contribution in [2.75, 3.05) is 12.1 Å². The van der Waals surface area contributed by atoms with E-state index in [1.165, 1.54) is 11.3 Å². The minimum Gasteiger partial charge on any atom is -0.454 e. The molecule has 2 aromatic heterocycles. The molecule has 0 spiro atoms.